The van der Waals surface area contributed by atoms with Crippen molar-refractivity contribution < 1.29 is 4.74 Å². The number of pyridine rings is 1. The summed E-state index contributed by atoms with van der Waals surface area (Å²) in [6, 6.07) is 9.17. The van der Waals surface area contributed by atoms with Gasteiger partial charge in [0, 0.05) is 42.3 Å². The quantitative estimate of drug-likeness (QED) is 0.854. The van der Waals surface area contributed by atoms with Gasteiger partial charge in [0.1, 0.15) is 0 Å². The minimum absolute atomic E-state index is 0.220. The first-order chi connectivity index (χ1) is 10.3. The molecular weight excluding hydrogens is 282 g/mol. The van der Waals surface area contributed by atoms with Gasteiger partial charge in [0.2, 0.25) is 5.88 Å². The second kappa shape index (κ2) is 6.56. The number of aromatic nitrogens is 1. The maximum absolute atomic E-state index is 6.07. The van der Waals surface area contributed by atoms with Gasteiger partial charge >= 0.3 is 0 Å². The fraction of sp³-hybridized carbons (Fsp3) is 0.438. The zero-order chi connectivity index (χ0) is 14.7. The summed E-state index contributed by atoms with van der Waals surface area (Å²) in [4.78, 5) is 8.24. The highest BCUT2D eigenvalue weighted by atomic mass is 32.1. The molecule has 0 aliphatic heterocycles. The Morgan fingerprint density at radius 1 is 1.43 bits per heavy atom. The summed E-state index contributed by atoms with van der Waals surface area (Å²) >= 11 is 1.81. The van der Waals surface area contributed by atoms with E-state index in [0.29, 0.717) is 18.5 Å². The van der Waals surface area contributed by atoms with Gasteiger partial charge in [0.15, 0.2) is 0 Å². The number of thiophene rings is 1. The molecule has 0 bridgehead atoms. The van der Waals surface area contributed by atoms with Crippen LogP contribution in [0, 0.1) is 0 Å². The molecule has 2 heterocycles. The second-order valence-corrected chi connectivity index (χ2v) is 6.40. The molecule has 1 aliphatic rings. The van der Waals surface area contributed by atoms with E-state index in [2.05, 4.69) is 33.5 Å². The van der Waals surface area contributed by atoms with Gasteiger partial charge in [-0.25, -0.2) is 4.98 Å². The van der Waals surface area contributed by atoms with Crippen LogP contribution in [0.2, 0.25) is 0 Å². The Bertz CT molecular complexity index is 551. The summed E-state index contributed by atoms with van der Waals surface area (Å²) in [5.41, 5.74) is 7.24. The second-order valence-electron chi connectivity index (χ2n) is 5.37. The number of rotatable bonds is 7. The number of hydrogen-bond acceptors (Lipinski definition) is 5. The fourth-order valence-corrected chi connectivity index (χ4v) is 3.37. The molecule has 0 spiro atoms. The van der Waals surface area contributed by atoms with Gasteiger partial charge in [-0.1, -0.05) is 12.1 Å². The van der Waals surface area contributed by atoms with E-state index in [4.69, 9.17) is 10.5 Å². The first kappa shape index (κ1) is 14.5. The summed E-state index contributed by atoms with van der Waals surface area (Å²) in [6.07, 6.45) is 4.43. The van der Waals surface area contributed by atoms with E-state index >= 15 is 0 Å². The van der Waals surface area contributed by atoms with Gasteiger partial charge < -0.3 is 10.5 Å². The summed E-state index contributed by atoms with van der Waals surface area (Å²) in [5.74, 6) is 0.644. The average molecular weight is 303 g/mol. The molecule has 1 atom stereocenters. The molecule has 0 amide bonds. The lowest BCUT2D eigenvalue weighted by atomic mass is 10.1. The summed E-state index contributed by atoms with van der Waals surface area (Å²) in [5, 5.41) is 2.13. The van der Waals surface area contributed by atoms with Gasteiger partial charge in [-0.2, -0.15) is 0 Å². The molecule has 2 N–H and O–H groups in total. The number of hydrogen-bond donors (Lipinski definition) is 1. The summed E-state index contributed by atoms with van der Waals surface area (Å²) in [6.45, 7) is 1.58. The molecule has 1 aliphatic carbocycles. The van der Waals surface area contributed by atoms with E-state index in [9.17, 15) is 0 Å². The molecule has 112 valence electrons. The van der Waals surface area contributed by atoms with Gasteiger partial charge in [-0.05, 0) is 29.9 Å². The van der Waals surface area contributed by atoms with E-state index in [-0.39, 0.29) is 6.04 Å². The Balaban J connectivity index is 1.80. The van der Waals surface area contributed by atoms with Crippen molar-refractivity contribution in [3.63, 3.8) is 0 Å². The smallest absolute Gasteiger partial charge is 0.212 e. The molecule has 21 heavy (non-hydrogen) atoms. The predicted molar refractivity (Wildman–Crippen MR) is 85.5 cm³/mol. The molecule has 4 nitrogen and oxygen atoms in total. The SMILES string of the molecule is COc1ccc(C(CN)N(Cc2cccs2)C2CC2)cn1. The molecule has 1 saturated carbocycles. The van der Waals surface area contributed by atoms with Crippen LogP contribution in [0.5, 0.6) is 5.88 Å². The Morgan fingerprint density at radius 2 is 2.29 bits per heavy atom. The third-order valence-electron chi connectivity index (χ3n) is 3.91. The molecule has 2 aromatic heterocycles. The largest absolute Gasteiger partial charge is 0.481 e. The van der Waals surface area contributed by atoms with E-state index in [0.717, 1.165) is 6.54 Å². The monoisotopic (exact) mass is 303 g/mol. The number of methoxy groups -OCH3 is 1. The topological polar surface area (TPSA) is 51.4 Å². The van der Waals surface area contributed by atoms with Crippen molar-refractivity contribution in [1.29, 1.82) is 0 Å². The average Bonchev–Trinajstić information content (AvgIpc) is 3.25. The van der Waals surface area contributed by atoms with Crippen LogP contribution in [-0.2, 0) is 6.54 Å². The van der Waals surface area contributed by atoms with Crippen LogP contribution in [0.25, 0.3) is 0 Å². The summed E-state index contributed by atoms with van der Waals surface area (Å²) < 4.78 is 5.13. The zero-order valence-corrected chi connectivity index (χ0v) is 13.1. The Labute approximate surface area is 129 Å². The van der Waals surface area contributed by atoms with Crippen molar-refractivity contribution >= 4 is 11.3 Å². The lowest BCUT2D eigenvalue weighted by molar-refractivity contribution is 0.183. The Kier molecular flexibility index (Phi) is 4.53. The molecule has 2 aromatic rings. The van der Waals surface area contributed by atoms with Crippen LogP contribution < -0.4 is 10.5 Å². The van der Waals surface area contributed by atoms with Crippen molar-refractivity contribution in [2.45, 2.75) is 31.5 Å². The highest BCUT2D eigenvalue weighted by Gasteiger charge is 2.34. The highest BCUT2D eigenvalue weighted by Crippen LogP contribution is 2.36. The third kappa shape index (κ3) is 3.43. The predicted octanol–water partition coefficient (Wildman–Crippen LogP) is 2.82. The lowest BCUT2D eigenvalue weighted by Crippen LogP contribution is -2.35. The van der Waals surface area contributed by atoms with Crippen molar-refractivity contribution in [3.05, 3.63) is 46.3 Å². The molecular formula is C16H21N3OS. The van der Waals surface area contributed by atoms with Crippen LogP contribution in [0.4, 0.5) is 0 Å². The lowest BCUT2D eigenvalue weighted by Gasteiger charge is -2.30. The van der Waals surface area contributed by atoms with E-state index in [1.165, 1.54) is 23.3 Å². The van der Waals surface area contributed by atoms with Crippen LogP contribution >= 0.6 is 11.3 Å². The summed E-state index contributed by atoms with van der Waals surface area (Å²) in [7, 11) is 1.63. The minimum atomic E-state index is 0.220. The van der Waals surface area contributed by atoms with E-state index < -0.39 is 0 Å². The maximum atomic E-state index is 6.07. The molecule has 1 fully saturated rings. The van der Waals surface area contributed by atoms with Crippen molar-refractivity contribution in [1.82, 2.24) is 9.88 Å². The van der Waals surface area contributed by atoms with Crippen LogP contribution in [-0.4, -0.2) is 29.6 Å². The van der Waals surface area contributed by atoms with Gasteiger partial charge in [-0.3, -0.25) is 4.90 Å². The van der Waals surface area contributed by atoms with Crippen molar-refractivity contribution in [2.24, 2.45) is 5.73 Å². The van der Waals surface area contributed by atoms with Crippen LogP contribution in [0.1, 0.15) is 29.3 Å². The molecule has 0 aromatic carbocycles. The van der Waals surface area contributed by atoms with Crippen LogP contribution in [0.15, 0.2) is 35.8 Å². The number of ether oxygens (including phenoxy) is 1. The normalized spacial score (nSPS) is 16.1. The zero-order valence-electron chi connectivity index (χ0n) is 12.2. The van der Waals surface area contributed by atoms with Gasteiger partial charge in [-0.15, -0.1) is 11.3 Å². The Morgan fingerprint density at radius 3 is 2.81 bits per heavy atom. The first-order valence-corrected chi connectivity index (χ1v) is 8.18. The van der Waals surface area contributed by atoms with Gasteiger partial charge in [0.25, 0.3) is 0 Å². The minimum Gasteiger partial charge on any atom is -0.481 e. The standard InChI is InChI=1S/C16H21N3OS/c1-20-16-7-4-12(10-18-16)15(9-17)19(13-5-6-13)11-14-3-2-8-21-14/h2-4,7-8,10,13,15H,5-6,9,11,17H2,1H3. The maximum Gasteiger partial charge on any atom is 0.212 e. The number of nitrogens with two attached hydrogens (primary N) is 1. The van der Waals surface area contributed by atoms with E-state index in [1.807, 2.05) is 23.6 Å². The molecule has 5 heteroatoms. The number of nitrogens with zero attached hydrogens (tertiary/aromatic N) is 2. The molecule has 3 rings (SSSR count). The van der Waals surface area contributed by atoms with Gasteiger partial charge in [0.05, 0.1) is 7.11 Å². The Hall–Kier alpha value is -1.43. The third-order valence-corrected chi connectivity index (χ3v) is 4.77. The fourth-order valence-electron chi connectivity index (χ4n) is 2.65. The first-order valence-electron chi connectivity index (χ1n) is 7.30. The van der Waals surface area contributed by atoms with Crippen molar-refractivity contribution in [2.75, 3.05) is 13.7 Å². The molecule has 1 unspecified atom stereocenters. The molecule has 0 radical (unpaired) electrons. The molecule has 0 saturated heterocycles. The van der Waals surface area contributed by atoms with Crippen LogP contribution in [0.3, 0.4) is 0 Å². The highest BCUT2D eigenvalue weighted by molar-refractivity contribution is 7.09. The van der Waals surface area contributed by atoms with E-state index in [1.54, 1.807) is 7.11 Å². The van der Waals surface area contributed by atoms with Crippen molar-refractivity contribution in [3.8, 4) is 5.88 Å².